The molecule has 0 atom stereocenters. The Morgan fingerprint density at radius 3 is 2.77 bits per heavy atom. The molecule has 7 heteroatoms. The van der Waals surface area contributed by atoms with Crippen LogP contribution in [0.2, 0.25) is 0 Å². The first-order chi connectivity index (χ1) is 12.7. The maximum absolute atomic E-state index is 12.6. The molecule has 0 saturated heterocycles. The molecule has 4 rings (SSSR count). The summed E-state index contributed by atoms with van der Waals surface area (Å²) in [5.74, 6) is 0.490. The number of benzene rings is 1. The predicted molar refractivity (Wildman–Crippen MR) is 102 cm³/mol. The summed E-state index contributed by atoms with van der Waals surface area (Å²) < 4.78 is 1.71. The average molecular weight is 368 g/mol. The minimum absolute atomic E-state index is 0.0132. The molecule has 1 amide bonds. The van der Waals surface area contributed by atoms with E-state index in [1.54, 1.807) is 17.1 Å². The van der Waals surface area contributed by atoms with Gasteiger partial charge < -0.3 is 5.32 Å². The summed E-state index contributed by atoms with van der Waals surface area (Å²) in [7, 11) is 0. The molecule has 1 aromatic carbocycles. The van der Waals surface area contributed by atoms with Crippen LogP contribution in [0, 0.1) is 11.8 Å². The van der Waals surface area contributed by atoms with E-state index in [9.17, 15) is 9.59 Å². The van der Waals surface area contributed by atoms with Gasteiger partial charge in [-0.2, -0.15) is 0 Å². The van der Waals surface area contributed by atoms with Crippen LogP contribution in [0.15, 0.2) is 47.0 Å². The number of hydrogen-bond donors (Lipinski definition) is 1. The van der Waals surface area contributed by atoms with E-state index in [0.29, 0.717) is 23.0 Å². The number of anilines is 1. The van der Waals surface area contributed by atoms with Gasteiger partial charge in [-0.1, -0.05) is 12.1 Å². The molecule has 0 bridgehead atoms. The molecule has 1 aliphatic rings. The fourth-order valence-corrected chi connectivity index (χ4v) is 4.15. The molecule has 0 radical (unpaired) electrons. The monoisotopic (exact) mass is 368 g/mol. The van der Waals surface area contributed by atoms with Crippen LogP contribution < -0.4 is 10.9 Å². The Kier molecular flexibility index (Phi) is 4.79. The number of fused-ring (bicyclic) bond motifs is 1. The number of rotatable bonds is 4. The smallest absolute Gasteiger partial charge is 0.261 e. The fourth-order valence-electron chi connectivity index (χ4n) is 3.61. The molecule has 0 spiro atoms. The second-order valence-corrected chi connectivity index (χ2v) is 7.66. The third-order valence-electron chi connectivity index (χ3n) is 5.07. The first kappa shape index (κ1) is 16.9. The standard InChI is InChI=1S/C19H20N4O2S/c24-17(22-19-20-9-10-26-19)14-7-5-13(6-8-14)11-23-12-21-16-4-2-1-3-15(16)18(23)25/h1-4,9-10,12-14H,5-8,11H2,(H,20,22,24). The van der Waals surface area contributed by atoms with Crippen LogP contribution in [0.5, 0.6) is 0 Å². The minimum atomic E-state index is 0.0132. The number of nitrogens with zero attached hydrogens (tertiary/aromatic N) is 3. The maximum atomic E-state index is 12.6. The summed E-state index contributed by atoms with van der Waals surface area (Å²) in [6, 6.07) is 7.42. The SMILES string of the molecule is O=C(Nc1nccs1)C1CCC(Cn2cnc3ccccc3c2=O)CC1. The van der Waals surface area contributed by atoms with Crippen molar-refractivity contribution in [2.45, 2.75) is 32.2 Å². The molecular weight excluding hydrogens is 348 g/mol. The van der Waals surface area contributed by atoms with Gasteiger partial charge in [0, 0.05) is 24.0 Å². The van der Waals surface area contributed by atoms with E-state index in [-0.39, 0.29) is 17.4 Å². The largest absolute Gasteiger partial charge is 0.302 e. The number of carbonyl (C=O) groups is 1. The van der Waals surface area contributed by atoms with E-state index in [0.717, 1.165) is 31.2 Å². The summed E-state index contributed by atoms with van der Waals surface area (Å²) in [5.41, 5.74) is 0.746. The van der Waals surface area contributed by atoms with E-state index in [1.165, 1.54) is 11.3 Å². The van der Waals surface area contributed by atoms with Gasteiger partial charge in [-0.25, -0.2) is 9.97 Å². The highest BCUT2D eigenvalue weighted by atomic mass is 32.1. The number of para-hydroxylation sites is 1. The van der Waals surface area contributed by atoms with E-state index in [4.69, 9.17) is 0 Å². The van der Waals surface area contributed by atoms with Gasteiger partial charge in [-0.05, 0) is 43.7 Å². The Morgan fingerprint density at radius 2 is 2.00 bits per heavy atom. The van der Waals surface area contributed by atoms with Crippen molar-refractivity contribution < 1.29 is 4.79 Å². The molecule has 2 aromatic heterocycles. The first-order valence-electron chi connectivity index (χ1n) is 8.85. The van der Waals surface area contributed by atoms with Gasteiger partial charge in [0.05, 0.1) is 17.2 Å². The number of carbonyl (C=O) groups excluding carboxylic acids is 1. The Balaban J connectivity index is 1.37. The normalized spacial score (nSPS) is 20.2. The zero-order valence-corrected chi connectivity index (χ0v) is 15.1. The quantitative estimate of drug-likeness (QED) is 0.766. The predicted octanol–water partition coefficient (Wildman–Crippen LogP) is 3.30. The molecular formula is C19H20N4O2S. The highest BCUT2D eigenvalue weighted by Crippen LogP contribution is 2.30. The number of amides is 1. The van der Waals surface area contributed by atoms with Gasteiger partial charge >= 0.3 is 0 Å². The van der Waals surface area contributed by atoms with Gasteiger partial charge in [0.15, 0.2) is 5.13 Å². The van der Waals surface area contributed by atoms with E-state index >= 15 is 0 Å². The maximum Gasteiger partial charge on any atom is 0.261 e. The van der Waals surface area contributed by atoms with Crippen molar-refractivity contribution in [2.75, 3.05) is 5.32 Å². The molecule has 6 nitrogen and oxygen atoms in total. The summed E-state index contributed by atoms with van der Waals surface area (Å²) in [4.78, 5) is 33.4. The van der Waals surface area contributed by atoms with Gasteiger partial charge in [0.25, 0.3) is 5.56 Å². The average Bonchev–Trinajstić information content (AvgIpc) is 3.18. The number of thiazole rings is 1. The second kappa shape index (κ2) is 7.37. The molecule has 2 heterocycles. The Hall–Kier alpha value is -2.54. The van der Waals surface area contributed by atoms with Crippen molar-refractivity contribution in [2.24, 2.45) is 11.8 Å². The van der Waals surface area contributed by atoms with Crippen LogP contribution in [0.25, 0.3) is 10.9 Å². The van der Waals surface area contributed by atoms with Gasteiger partial charge in [0.2, 0.25) is 5.91 Å². The van der Waals surface area contributed by atoms with Crippen molar-refractivity contribution in [1.82, 2.24) is 14.5 Å². The highest BCUT2D eigenvalue weighted by Gasteiger charge is 2.27. The molecule has 1 fully saturated rings. The van der Waals surface area contributed by atoms with Crippen LogP contribution >= 0.6 is 11.3 Å². The van der Waals surface area contributed by atoms with Crippen LogP contribution in [-0.2, 0) is 11.3 Å². The van der Waals surface area contributed by atoms with E-state index < -0.39 is 0 Å². The molecule has 26 heavy (non-hydrogen) atoms. The van der Waals surface area contributed by atoms with Crippen LogP contribution in [-0.4, -0.2) is 20.4 Å². The van der Waals surface area contributed by atoms with E-state index in [1.807, 2.05) is 29.6 Å². The molecule has 0 aliphatic heterocycles. The van der Waals surface area contributed by atoms with Gasteiger partial charge in [-0.3, -0.25) is 14.2 Å². The summed E-state index contributed by atoms with van der Waals surface area (Å²) in [6.45, 7) is 0.664. The van der Waals surface area contributed by atoms with Crippen molar-refractivity contribution in [1.29, 1.82) is 0 Å². The number of hydrogen-bond acceptors (Lipinski definition) is 5. The molecule has 1 N–H and O–H groups in total. The summed E-state index contributed by atoms with van der Waals surface area (Å²) in [6.07, 6.45) is 6.90. The lowest BCUT2D eigenvalue weighted by Gasteiger charge is -2.27. The minimum Gasteiger partial charge on any atom is -0.302 e. The lowest BCUT2D eigenvalue weighted by Crippen LogP contribution is -2.30. The Morgan fingerprint density at radius 1 is 1.19 bits per heavy atom. The topological polar surface area (TPSA) is 76.9 Å². The highest BCUT2D eigenvalue weighted by molar-refractivity contribution is 7.13. The lowest BCUT2D eigenvalue weighted by atomic mass is 9.81. The van der Waals surface area contributed by atoms with Crippen molar-refractivity contribution in [3.63, 3.8) is 0 Å². The third kappa shape index (κ3) is 3.53. The number of aromatic nitrogens is 3. The van der Waals surface area contributed by atoms with Crippen LogP contribution in [0.3, 0.4) is 0 Å². The van der Waals surface area contributed by atoms with Crippen LogP contribution in [0.1, 0.15) is 25.7 Å². The molecule has 1 saturated carbocycles. The lowest BCUT2D eigenvalue weighted by molar-refractivity contribution is -0.121. The van der Waals surface area contributed by atoms with E-state index in [2.05, 4.69) is 15.3 Å². The fraction of sp³-hybridized carbons (Fsp3) is 0.368. The molecule has 3 aromatic rings. The van der Waals surface area contributed by atoms with Crippen molar-refractivity contribution >= 4 is 33.3 Å². The van der Waals surface area contributed by atoms with Crippen LogP contribution in [0.4, 0.5) is 5.13 Å². The second-order valence-electron chi connectivity index (χ2n) is 6.76. The third-order valence-corrected chi connectivity index (χ3v) is 5.75. The zero-order chi connectivity index (χ0) is 17.9. The Bertz CT molecular complexity index is 959. The molecule has 1 aliphatic carbocycles. The van der Waals surface area contributed by atoms with Gasteiger partial charge in [0.1, 0.15) is 0 Å². The van der Waals surface area contributed by atoms with Crippen molar-refractivity contribution in [3.8, 4) is 0 Å². The Labute approximate surface area is 154 Å². The molecule has 134 valence electrons. The summed E-state index contributed by atoms with van der Waals surface area (Å²) >= 11 is 1.43. The van der Waals surface area contributed by atoms with Crippen molar-refractivity contribution in [3.05, 3.63) is 52.5 Å². The first-order valence-corrected chi connectivity index (χ1v) is 9.73. The number of nitrogens with one attached hydrogen (secondary N) is 1. The zero-order valence-electron chi connectivity index (χ0n) is 14.3. The van der Waals surface area contributed by atoms with Gasteiger partial charge in [-0.15, -0.1) is 11.3 Å². The summed E-state index contributed by atoms with van der Waals surface area (Å²) in [5, 5.41) is 6.05. The molecule has 0 unspecified atom stereocenters.